The van der Waals surface area contributed by atoms with Crippen molar-refractivity contribution >= 4 is 11.3 Å². The molecule has 2 atom stereocenters. The van der Waals surface area contributed by atoms with E-state index in [0.717, 1.165) is 19.1 Å². The molecule has 0 aromatic carbocycles. The standard InChI is InChI=1S/C17H27NOS/c1-3-10-18-16(15-6-5-13(2)20-15)14-7-11-19-17(12-14)8-4-9-17/h5-6,14,16,18H,3-4,7-12H2,1-2H3. The molecule has 1 spiro atoms. The van der Waals surface area contributed by atoms with Crippen LogP contribution in [0.5, 0.6) is 0 Å². The molecule has 1 aliphatic carbocycles. The van der Waals surface area contributed by atoms with E-state index in [1.807, 2.05) is 11.3 Å². The van der Waals surface area contributed by atoms with Crippen LogP contribution in [0, 0.1) is 12.8 Å². The maximum absolute atomic E-state index is 6.10. The number of hydrogen-bond acceptors (Lipinski definition) is 3. The number of rotatable bonds is 5. The molecule has 1 aromatic heterocycles. The SMILES string of the molecule is CCCNC(c1ccc(C)s1)C1CCOC2(CCC2)C1. The number of ether oxygens (including phenoxy) is 1. The molecular weight excluding hydrogens is 266 g/mol. The fourth-order valence-electron chi connectivity index (χ4n) is 3.69. The summed E-state index contributed by atoms with van der Waals surface area (Å²) in [7, 11) is 0. The van der Waals surface area contributed by atoms with Crippen molar-refractivity contribution in [2.75, 3.05) is 13.2 Å². The molecule has 2 aliphatic rings. The maximum atomic E-state index is 6.10. The fourth-order valence-corrected chi connectivity index (χ4v) is 4.74. The van der Waals surface area contributed by atoms with Crippen molar-refractivity contribution in [1.82, 2.24) is 5.32 Å². The van der Waals surface area contributed by atoms with E-state index in [9.17, 15) is 0 Å². The lowest BCUT2D eigenvalue weighted by Crippen LogP contribution is -2.48. The largest absolute Gasteiger partial charge is 0.375 e. The van der Waals surface area contributed by atoms with Gasteiger partial charge in [-0.3, -0.25) is 0 Å². The molecular formula is C17H27NOS. The van der Waals surface area contributed by atoms with Crippen molar-refractivity contribution in [2.45, 2.75) is 64.0 Å². The van der Waals surface area contributed by atoms with Gasteiger partial charge in [0.2, 0.25) is 0 Å². The zero-order valence-electron chi connectivity index (χ0n) is 12.8. The second-order valence-corrected chi connectivity index (χ2v) is 7.84. The summed E-state index contributed by atoms with van der Waals surface area (Å²) in [5, 5.41) is 3.81. The van der Waals surface area contributed by atoms with Gasteiger partial charge in [-0.05, 0) is 70.0 Å². The van der Waals surface area contributed by atoms with Crippen LogP contribution in [0.25, 0.3) is 0 Å². The van der Waals surface area contributed by atoms with Crippen molar-refractivity contribution in [3.05, 3.63) is 21.9 Å². The number of nitrogens with one attached hydrogen (secondary N) is 1. The topological polar surface area (TPSA) is 21.3 Å². The summed E-state index contributed by atoms with van der Waals surface area (Å²) in [4.78, 5) is 2.95. The maximum Gasteiger partial charge on any atom is 0.0686 e. The van der Waals surface area contributed by atoms with Crippen LogP contribution in [-0.2, 0) is 4.74 Å². The normalized spacial score (nSPS) is 26.4. The van der Waals surface area contributed by atoms with Crippen molar-refractivity contribution in [3.63, 3.8) is 0 Å². The van der Waals surface area contributed by atoms with Crippen LogP contribution < -0.4 is 5.32 Å². The van der Waals surface area contributed by atoms with Crippen molar-refractivity contribution < 1.29 is 4.74 Å². The number of thiophene rings is 1. The molecule has 112 valence electrons. The third-order valence-electron chi connectivity index (χ3n) is 4.95. The highest BCUT2D eigenvalue weighted by Gasteiger charge is 2.44. The van der Waals surface area contributed by atoms with Crippen molar-refractivity contribution in [2.24, 2.45) is 5.92 Å². The summed E-state index contributed by atoms with van der Waals surface area (Å²) in [5.74, 6) is 0.744. The Morgan fingerprint density at radius 3 is 2.90 bits per heavy atom. The molecule has 0 bridgehead atoms. The van der Waals surface area contributed by atoms with Crippen LogP contribution in [0.2, 0.25) is 0 Å². The van der Waals surface area contributed by atoms with Gasteiger partial charge in [0.05, 0.1) is 5.60 Å². The molecule has 2 nitrogen and oxygen atoms in total. The quantitative estimate of drug-likeness (QED) is 0.866. The number of aryl methyl sites for hydroxylation is 1. The Morgan fingerprint density at radius 1 is 1.45 bits per heavy atom. The van der Waals surface area contributed by atoms with Gasteiger partial charge < -0.3 is 10.1 Å². The molecule has 1 saturated carbocycles. The average molecular weight is 293 g/mol. The Morgan fingerprint density at radius 2 is 2.30 bits per heavy atom. The van der Waals surface area contributed by atoms with Gasteiger partial charge in [-0.2, -0.15) is 0 Å². The van der Waals surface area contributed by atoms with Gasteiger partial charge in [-0.25, -0.2) is 0 Å². The minimum absolute atomic E-state index is 0.251. The van der Waals surface area contributed by atoms with E-state index in [1.165, 1.54) is 48.3 Å². The highest BCUT2D eigenvalue weighted by molar-refractivity contribution is 7.12. The summed E-state index contributed by atoms with van der Waals surface area (Å²) in [6.07, 6.45) is 7.60. The van der Waals surface area contributed by atoms with Gasteiger partial charge in [0.25, 0.3) is 0 Å². The molecule has 1 aromatic rings. The highest BCUT2D eigenvalue weighted by Crippen LogP contribution is 2.47. The zero-order chi connectivity index (χ0) is 14.0. The summed E-state index contributed by atoms with van der Waals surface area (Å²) in [6.45, 7) is 6.54. The third kappa shape index (κ3) is 2.95. The Balaban J connectivity index is 1.74. The lowest BCUT2D eigenvalue weighted by atomic mass is 9.70. The van der Waals surface area contributed by atoms with Gasteiger partial charge >= 0.3 is 0 Å². The van der Waals surface area contributed by atoms with E-state index in [2.05, 4.69) is 31.3 Å². The van der Waals surface area contributed by atoms with Crippen molar-refractivity contribution in [1.29, 1.82) is 0 Å². The van der Waals surface area contributed by atoms with E-state index in [0.29, 0.717) is 6.04 Å². The van der Waals surface area contributed by atoms with Crippen LogP contribution in [0.1, 0.15) is 61.2 Å². The summed E-state index contributed by atoms with van der Waals surface area (Å²) in [6, 6.07) is 5.13. The summed E-state index contributed by atoms with van der Waals surface area (Å²) < 4.78 is 6.10. The first kappa shape index (κ1) is 14.6. The third-order valence-corrected chi connectivity index (χ3v) is 6.03. The predicted octanol–water partition coefficient (Wildman–Crippen LogP) is 4.45. The van der Waals surface area contributed by atoms with Crippen LogP contribution in [-0.4, -0.2) is 18.8 Å². The first-order valence-electron chi connectivity index (χ1n) is 8.16. The lowest BCUT2D eigenvalue weighted by Gasteiger charge is -2.48. The minimum atomic E-state index is 0.251. The minimum Gasteiger partial charge on any atom is -0.375 e. The second-order valence-electron chi connectivity index (χ2n) is 6.52. The van der Waals surface area contributed by atoms with Crippen LogP contribution in [0.4, 0.5) is 0 Å². The molecule has 1 aliphatic heterocycles. The Labute approximate surface area is 126 Å². The summed E-state index contributed by atoms with van der Waals surface area (Å²) >= 11 is 1.96. The molecule has 3 heteroatoms. The highest BCUT2D eigenvalue weighted by atomic mass is 32.1. The van der Waals surface area contributed by atoms with Crippen LogP contribution in [0.15, 0.2) is 12.1 Å². The summed E-state index contributed by atoms with van der Waals surface area (Å²) in [5.41, 5.74) is 0.251. The van der Waals surface area contributed by atoms with Gasteiger partial charge in [0.15, 0.2) is 0 Å². The molecule has 0 radical (unpaired) electrons. The van der Waals surface area contributed by atoms with E-state index >= 15 is 0 Å². The van der Waals surface area contributed by atoms with Crippen molar-refractivity contribution in [3.8, 4) is 0 Å². The molecule has 1 saturated heterocycles. The monoisotopic (exact) mass is 293 g/mol. The van der Waals surface area contributed by atoms with Gasteiger partial charge in [-0.15, -0.1) is 11.3 Å². The Kier molecular flexibility index (Phi) is 4.49. The zero-order valence-corrected chi connectivity index (χ0v) is 13.6. The molecule has 2 fully saturated rings. The molecule has 3 rings (SSSR count). The van der Waals surface area contributed by atoms with Gasteiger partial charge in [0.1, 0.15) is 0 Å². The Hall–Kier alpha value is -0.380. The van der Waals surface area contributed by atoms with Gasteiger partial charge in [0, 0.05) is 22.4 Å². The first-order chi connectivity index (χ1) is 9.72. The molecule has 1 N–H and O–H groups in total. The second kappa shape index (κ2) is 6.17. The van der Waals surface area contributed by atoms with E-state index in [1.54, 1.807) is 0 Å². The molecule has 2 heterocycles. The van der Waals surface area contributed by atoms with E-state index < -0.39 is 0 Å². The molecule has 0 amide bonds. The lowest BCUT2D eigenvalue weighted by molar-refractivity contribution is -0.147. The predicted molar refractivity (Wildman–Crippen MR) is 85.3 cm³/mol. The van der Waals surface area contributed by atoms with Crippen LogP contribution >= 0.6 is 11.3 Å². The first-order valence-corrected chi connectivity index (χ1v) is 8.98. The smallest absolute Gasteiger partial charge is 0.0686 e. The molecule has 20 heavy (non-hydrogen) atoms. The fraction of sp³-hybridized carbons (Fsp3) is 0.765. The van der Waals surface area contributed by atoms with E-state index in [4.69, 9.17) is 4.74 Å². The number of hydrogen-bond donors (Lipinski definition) is 1. The van der Waals surface area contributed by atoms with Gasteiger partial charge in [-0.1, -0.05) is 6.92 Å². The molecule has 2 unspecified atom stereocenters. The van der Waals surface area contributed by atoms with E-state index in [-0.39, 0.29) is 5.60 Å². The Bertz CT molecular complexity index is 438. The average Bonchev–Trinajstić information content (AvgIpc) is 2.84. The van der Waals surface area contributed by atoms with Crippen LogP contribution in [0.3, 0.4) is 0 Å².